The number of hydrogen-bond donors (Lipinski definition) is 1. The van der Waals surface area contributed by atoms with E-state index in [4.69, 9.17) is 5.73 Å². The first-order valence-electron chi connectivity index (χ1n) is 8.29. The number of aryl methyl sites for hydroxylation is 1. The van der Waals surface area contributed by atoms with Crippen molar-refractivity contribution >= 4 is 12.4 Å². The molecule has 0 bridgehead atoms. The predicted molar refractivity (Wildman–Crippen MR) is 96.8 cm³/mol. The molecule has 0 aliphatic carbocycles. The van der Waals surface area contributed by atoms with E-state index < -0.39 is 0 Å². The fourth-order valence-corrected chi connectivity index (χ4v) is 3.50. The first kappa shape index (κ1) is 18.0. The van der Waals surface area contributed by atoms with Gasteiger partial charge in [-0.1, -0.05) is 37.3 Å². The Kier molecular flexibility index (Phi) is 6.63. The summed E-state index contributed by atoms with van der Waals surface area (Å²) in [4.78, 5) is 2.52. The third kappa shape index (κ3) is 4.34. The van der Waals surface area contributed by atoms with Crippen LogP contribution < -0.4 is 5.73 Å². The SMILES string of the molecule is CCCn1cc(CN2C[C@@H](CN)[C@H](c3ccccc3)C2)cn1.Cl. The van der Waals surface area contributed by atoms with Crippen molar-refractivity contribution in [2.75, 3.05) is 19.6 Å². The summed E-state index contributed by atoms with van der Waals surface area (Å²) in [6, 6.07) is 10.8. The monoisotopic (exact) mass is 334 g/mol. The average molecular weight is 335 g/mol. The summed E-state index contributed by atoms with van der Waals surface area (Å²) in [5.41, 5.74) is 8.74. The fourth-order valence-electron chi connectivity index (χ4n) is 3.50. The minimum absolute atomic E-state index is 0. The van der Waals surface area contributed by atoms with Gasteiger partial charge in [0.15, 0.2) is 0 Å². The van der Waals surface area contributed by atoms with Gasteiger partial charge < -0.3 is 5.73 Å². The molecule has 3 rings (SSSR count). The standard InChI is InChI=1S/C18H26N4.ClH/c1-2-8-22-12-15(10-20-22)11-21-13-17(9-19)18(14-21)16-6-4-3-5-7-16;/h3-7,10,12,17-18H,2,8-9,11,13-14,19H2,1H3;1H/t17-,18+;/m1./s1. The smallest absolute Gasteiger partial charge is 0.0534 e. The van der Waals surface area contributed by atoms with Gasteiger partial charge in [0.2, 0.25) is 0 Å². The third-order valence-electron chi connectivity index (χ3n) is 4.59. The quantitative estimate of drug-likeness (QED) is 0.883. The largest absolute Gasteiger partial charge is 0.330 e. The van der Waals surface area contributed by atoms with Crippen molar-refractivity contribution in [3.8, 4) is 0 Å². The summed E-state index contributed by atoms with van der Waals surface area (Å²) in [5.74, 6) is 1.10. The van der Waals surface area contributed by atoms with Crippen LogP contribution in [0.2, 0.25) is 0 Å². The van der Waals surface area contributed by atoms with Crippen molar-refractivity contribution in [1.29, 1.82) is 0 Å². The van der Waals surface area contributed by atoms with Crippen molar-refractivity contribution in [2.45, 2.75) is 32.4 Å². The van der Waals surface area contributed by atoms with Crippen LogP contribution in [0.25, 0.3) is 0 Å². The highest BCUT2D eigenvalue weighted by Gasteiger charge is 2.32. The van der Waals surface area contributed by atoms with Gasteiger partial charge in [-0.05, 0) is 24.4 Å². The van der Waals surface area contributed by atoms with Crippen LogP contribution in [-0.4, -0.2) is 34.3 Å². The molecule has 126 valence electrons. The molecule has 23 heavy (non-hydrogen) atoms. The van der Waals surface area contributed by atoms with Gasteiger partial charge in [0.05, 0.1) is 6.20 Å². The summed E-state index contributed by atoms with van der Waals surface area (Å²) in [7, 11) is 0. The minimum atomic E-state index is 0. The molecule has 0 saturated carbocycles. The second-order valence-electron chi connectivity index (χ2n) is 6.32. The number of halogens is 1. The number of likely N-dealkylation sites (tertiary alicyclic amines) is 1. The summed E-state index contributed by atoms with van der Waals surface area (Å²) in [6.07, 6.45) is 5.30. The Hall–Kier alpha value is -1.36. The molecule has 2 N–H and O–H groups in total. The summed E-state index contributed by atoms with van der Waals surface area (Å²) >= 11 is 0. The van der Waals surface area contributed by atoms with Crippen LogP contribution in [0.15, 0.2) is 42.7 Å². The van der Waals surface area contributed by atoms with E-state index in [1.165, 1.54) is 11.1 Å². The van der Waals surface area contributed by atoms with E-state index in [0.717, 1.165) is 39.1 Å². The van der Waals surface area contributed by atoms with Crippen LogP contribution in [0.3, 0.4) is 0 Å². The summed E-state index contributed by atoms with van der Waals surface area (Å²) in [5, 5.41) is 4.43. The second kappa shape index (κ2) is 8.48. The van der Waals surface area contributed by atoms with Gasteiger partial charge in [-0.2, -0.15) is 5.10 Å². The lowest BCUT2D eigenvalue weighted by molar-refractivity contribution is 0.316. The van der Waals surface area contributed by atoms with Gasteiger partial charge in [0.1, 0.15) is 0 Å². The second-order valence-corrected chi connectivity index (χ2v) is 6.32. The van der Waals surface area contributed by atoms with Gasteiger partial charge in [-0.15, -0.1) is 12.4 Å². The molecule has 1 aliphatic heterocycles. The highest BCUT2D eigenvalue weighted by molar-refractivity contribution is 5.85. The van der Waals surface area contributed by atoms with E-state index in [2.05, 4.69) is 53.5 Å². The number of benzene rings is 1. The highest BCUT2D eigenvalue weighted by Crippen LogP contribution is 2.32. The van der Waals surface area contributed by atoms with Crippen molar-refractivity contribution < 1.29 is 0 Å². The molecule has 0 spiro atoms. The molecule has 1 fully saturated rings. The molecule has 1 aliphatic rings. The fraction of sp³-hybridized carbons (Fsp3) is 0.500. The summed E-state index contributed by atoms with van der Waals surface area (Å²) in [6.45, 7) is 7.07. The molecule has 2 heterocycles. The average Bonchev–Trinajstić information content (AvgIpc) is 3.16. The van der Waals surface area contributed by atoms with Gasteiger partial charge in [0.25, 0.3) is 0 Å². The van der Waals surface area contributed by atoms with Crippen LogP contribution in [0.4, 0.5) is 0 Å². The number of rotatable bonds is 6. The molecule has 0 radical (unpaired) electrons. The Morgan fingerprint density at radius 2 is 2.00 bits per heavy atom. The molecule has 1 saturated heterocycles. The topological polar surface area (TPSA) is 47.1 Å². The Labute approximate surface area is 145 Å². The number of nitrogens with two attached hydrogens (primary N) is 1. The van der Waals surface area contributed by atoms with Crippen molar-refractivity contribution in [1.82, 2.24) is 14.7 Å². The third-order valence-corrected chi connectivity index (χ3v) is 4.59. The Balaban J connectivity index is 0.00000192. The molecule has 2 aromatic rings. The normalized spacial score (nSPS) is 21.3. The van der Waals surface area contributed by atoms with Crippen LogP contribution in [-0.2, 0) is 13.1 Å². The lowest BCUT2D eigenvalue weighted by atomic mass is 9.89. The number of nitrogens with zero attached hydrogens (tertiary/aromatic N) is 3. The number of aromatic nitrogens is 2. The van der Waals surface area contributed by atoms with Gasteiger partial charge >= 0.3 is 0 Å². The first-order chi connectivity index (χ1) is 10.8. The first-order valence-corrected chi connectivity index (χ1v) is 8.29. The molecule has 1 aromatic heterocycles. The van der Waals surface area contributed by atoms with E-state index >= 15 is 0 Å². The summed E-state index contributed by atoms with van der Waals surface area (Å²) < 4.78 is 2.04. The highest BCUT2D eigenvalue weighted by atomic mass is 35.5. The zero-order chi connectivity index (χ0) is 15.4. The molecule has 1 aromatic carbocycles. The van der Waals surface area contributed by atoms with Crippen molar-refractivity contribution in [3.05, 3.63) is 53.9 Å². The molecule has 0 unspecified atom stereocenters. The predicted octanol–water partition coefficient (Wildman–Crippen LogP) is 2.89. The van der Waals surface area contributed by atoms with E-state index in [1.807, 2.05) is 10.9 Å². The van der Waals surface area contributed by atoms with Crippen LogP contribution in [0.5, 0.6) is 0 Å². The maximum Gasteiger partial charge on any atom is 0.0534 e. The lowest BCUT2D eigenvalue weighted by Gasteiger charge is -2.16. The zero-order valence-electron chi connectivity index (χ0n) is 13.8. The maximum atomic E-state index is 6.02. The molecule has 0 amide bonds. The van der Waals surface area contributed by atoms with Crippen molar-refractivity contribution in [3.63, 3.8) is 0 Å². The molecule has 5 heteroatoms. The van der Waals surface area contributed by atoms with Gasteiger partial charge in [0, 0.05) is 43.9 Å². The van der Waals surface area contributed by atoms with Crippen LogP contribution >= 0.6 is 12.4 Å². The van der Waals surface area contributed by atoms with E-state index in [-0.39, 0.29) is 12.4 Å². The molecule has 4 nitrogen and oxygen atoms in total. The number of hydrogen-bond acceptors (Lipinski definition) is 3. The molecule has 2 atom stereocenters. The van der Waals surface area contributed by atoms with E-state index in [1.54, 1.807) is 0 Å². The van der Waals surface area contributed by atoms with Gasteiger partial charge in [-0.3, -0.25) is 9.58 Å². The molecular formula is C18H27ClN4. The Morgan fingerprint density at radius 3 is 2.70 bits per heavy atom. The Morgan fingerprint density at radius 1 is 1.22 bits per heavy atom. The van der Waals surface area contributed by atoms with Crippen LogP contribution in [0.1, 0.15) is 30.4 Å². The van der Waals surface area contributed by atoms with Crippen LogP contribution in [0, 0.1) is 5.92 Å². The molecular weight excluding hydrogens is 308 g/mol. The van der Waals surface area contributed by atoms with Gasteiger partial charge in [-0.25, -0.2) is 0 Å². The van der Waals surface area contributed by atoms with E-state index in [9.17, 15) is 0 Å². The Bertz CT molecular complexity index is 584. The van der Waals surface area contributed by atoms with Crippen molar-refractivity contribution in [2.24, 2.45) is 11.7 Å². The lowest BCUT2D eigenvalue weighted by Crippen LogP contribution is -2.23. The minimum Gasteiger partial charge on any atom is -0.330 e. The maximum absolute atomic E-state index is 6.02. The van der Waals surface area contributed by atoms with E-state index in [0.29, 0.717) is 11.8 Å². The zero-order valence-corrected chi connectivity index (χ0v) is 14.6.